The Morgan fingerprint density at radius 3 is 2.71 bits per heavy atom. The van der Waals surface area contributed by atoms with Crippen LogP contribution >= 0.6 is 0 Å². The molecule has 4 heteroatoms. The molecule has 0 radical (unpaired) electrons. The lowest BCUT2D eigenvalue weighted by molar-refractivity contribution is -0.126. The fourth-order valence-electron chi connectivity index (χ4n) is 0.258. The van der Waals surface area contributed by atoms with Crippen LogP contribution < -0.4 is 0 Å². The molecule has 0 unspecified atom stereocenters. The summed E-state index contributed by atoms with van der Waals surface area (Å²) in [6.45, 7) is 3.27. The van der Waals surface area contributed by atoms with Gasteiger partial charge in [0.25, 0.3) is 5.91 Å². The molecule has 0 bridgehead atoms. The van der Waals surface area contributed by atoms with E-state index in [0.29, 0.717) is 0 Å². The minimum Gasteiger partial charge on any atom is -0.302 e. The Balaban J connectivity index is 2.37. The van der Waals surface area contributed by atoms with Crippen molar-refractivity contribution in [2.45, 2.75) is 0 Å². The number of amides is 1. The molecular formula is C3H5NO2Si. The van der Waals surface area contributed by atoms with E-state index >= 15 is 0 Å². The van der Waals surface area contributed by atoms with Gasteiger partial charge in [-0.05, 0) is 6.08 Å². The van der Waals surface area contributed by atoms with E-state index in [1.54, 1.807) is 0 Å². The van der Waals surface area contributed by atoms with Crippen LogP contribution in [0.4, 0.5) is 0 Å². The lowest BCUT2D eigenvalue weighted by Gasteiger charge is -1.84. The molecule has 0 spiro atoms. The van der Waals surface area contributed by atoms with Crippen LogP contribution in [0, 0.1) is 0 Å². The van der Waals surface area contributed by atoms with Crippen molar-refractivity contribution in [1.82, 2.24) is 4.73 Å². The first-order valence-electron chi connectivity index (χ1n) is 1.91. The normalized spacial score (nSPS) is 19.7. The van der Waals surface area contributed by atoms with Gasteiger partial charge in [-0.1, -0.05) is 6.58 Å². The molecule has 0 aliphatic carbocycles. The van der Waals surface area contributed by atoms with Crippen LogP contribution in [0.2, 0.25) is 0 Å². The molecular weight excluding hydrogens is 110 g/mol. The number of hydroxylamine groups is 1. The molecule has 3 nitrogen and oxygen atoms in total. The Labute approximate surface area is 43.5 Å². The average molecular weight is 115 g/mol. The van der Waals surface area contributed by atoms with E-state index in [1.165, 1.54) is 10.8 Å². The lowest BCUT2D eigenvalue weighted by atomic mass is 10.6. The van der Waals surface area contributed by atoms with Crippen molar-refractivity contribution in [3.8, 4) is 0 Å². The van der Waals surface area contributed by atoms with Gasteiger partial charge in [0.05, 0.1) is 0 Å². The van der Waals surface area contributed by atoms with Crippen LogP contribution in [-0.2, 0) is 9.32 Å². The predicted molar refractivity (Wildman–Crippen MR) is 26.7 cm³/mol. The van der Waals surface area contributed by atoms with Gasteiger partial charge in [0.1, 0.15) is 0 Å². The Hall–Kier alpha value is -0.613. The molecule has 0 aromatic rings. The average Bonchev–Trinajstić information content (AvgIpc) is 2.44. The molecule has 0 saturated carbocycles. The first-order valence-corrected chi connectivity index (χ1v) is 3.12. The van der Waals surface area contributed by atoms with Gasteiger partial charge in [0.2, 0.25) is 0 Å². The third kappa shape index (κ3) is 0.878. The topological polar surface area (TPSA) is 32.6 Å². The monoisotopic (exact) mass is 115 g/mol. The smallest absolute Gasteiger partial charge is 0.302 e. The molecule has 1 saturated heterocycles. The summed E-state index contributed by atoms with van der Waals surface area (Å²) in [5.74, 6) is -0.105. The van der Waals surface area contributed by atoms with Crippen LogP contribution in [-0.4, -0.2) is 20.6 Å². The Bertz CT molecular complexity index is 110. The summed E-state index contributed by atoms with van der Waals surface area (Å²) >= 11 is 0. The standard InChI is InChI=1S/C3H5NO2Si/c1-2-3(5)4-6-7-4/h2H,1,7H2. The maximum Gasteiger partial charge on any atom is 0.328 e. The van der Waals surface area contributed by atoms with Crippen molar-refractivity contribution in [2.24, 2.45) is 0 Å². The van der Waals surface area contributed by atoms with Crippen molar-refractivity contribution in [1.29, 1.82) is 0 Å². The number of hydrogen-bond acceptors (Lipinski definition) is 2. The summed E-state index contributed by atoms with van der Waals surface area (Å²) in [4.78, 5) is 10.3. The summed E-state index contributed by atoms with van der Waals surface area (Å²) in [6.07, 6.45) is 1.25. The van der Waals surface area contributed by atoms with Crippen molar-refractivity contribution >= 4 is 15.8 Å². The number of hydrogen-bond donors (Lipinski definition) is 0. The van der Waals surface area contributed by atoms with E-state index in [9.17, 15) is 4.79 Å². The maximum absolute atomic E-state index is 10.3. The summed E-state index contributed by atoms with van der Waals surface area (Å²) in [7, 11) is -0.565. The Kier molecular flexibility index (Phi) is 0.957. The zero-order valence-corrected chi connectivity index (χ0v) is 5.17. The Morgan fingerprint density at radius 2 is 2.57 bits per heavy atom. The van der Waals surface area contributed by atoms with Gasteiger partial charge in [0, 0.05) is 0 Å². The van der Waals surface area contributed by atoms with E-state index < -0.39 is 9.92 Å². The zero-order chi connectivity index (χ0) is 5.28. The molecule has 0 atom stereocenters. The first-order chi connectivity index (χ1) is 3.34. The van der Waals surface area contributed by atoms with E-state index in [4.69, 9.17) is 0 Å². The molecule has 1 amide bonds. The highest BCUT2D eigenvalue weighted by Gasteiger charge is 2.23. The first kappa shape index (κ1) is 4.54. The zero-order valence-electron chi connectivity index (χ0n) is 3.76. The van der Waals surface area contributed by atoms with Crippen molar-refractivity contribution in [3.05, 3.63) is 12.7 Å². The van der Waals surface area contributed by atoms with E-state index in [2.05, 4.69) is 11.1 Å². The van der Waals surface area contributed by atoms with Gasteiger partial charge in [-0.3, -0.25) is 4.79 Å². The summed E-state index contributed by atoms with van der Waals surface area (Å²) < 4.78 is 5.97. The summed E-state index contributed by atoms with van der Waals surface area (Å²) in [5, 5.41) is 0. The Morgan fingerprint density at radius 1 is 2.00 bits per heavy atom. The maximum atomic E-state index is 10.3. The highest BCUT2D eigenvalue weighted by atomic mass is 28.3. The second-order valence-corrected chi connectivity index (χ2v) is 2.27. The van der Waals surface area contributed by atoms with Gasteiger partial charge >= 0.3 is 9.92 Å². The van der Waals surface area contributed by atoms with Crippen molar-refractivity contribution < 1.29 is 9.32 Å². The molecule has 0 aromatic heterocycles. The van der Waals surface area contributed by atoms with Crippen molar-refractivity contribution in [3.63, 3.8) is 0 Å². The van der Waals surface area contributed by atoms with E-state index in [0.717, 1.165) is 0 Å². The minimum atomic E-state index is -0.565. The SMILES string of the molecule is C=CC(=O)N1O[SiH2]1. The second kappa shape index (κ2) is 1.47. The van der Waals surface area contributed by atoms with E-state index in [1.807, 2.05) is 0 Å². The highest BCUT2D eigenvalue weighted by Crippen LogP contribution is 2.01. The number of carbonyl (C=O) groups is 1. The van der Waals surface area contributed by atoms with Gasteiger partial charge in [0.15, 0.2) is 0 Å². The molecule has 1 aliphatic heterocycles. The van der Waals surface area contributed by atoms with Crippen LogP contribution in [0.25, 0.3) is 0 Å². The third-order valence-corrected chi connectivity index (χ3v) is 1.51. The minimum absolute atomic E-state index is 0.105. The van der Waals surface area contributed by atoms with Crippen LogP contribution in [0.1, 0.15) is 0 Å². The fraction of sp³-hybridized carbons (Fsp3) is 0. The third-order valence-electron chi connectivity index (χ3n) is 0.679. The van der Waals surface area contributed by atoms with Gasteiger partial charge in [-0.15, -0.1) is 0 Å². The molecule has 1 heterocycles. The number of nitrogens with zero attached hydrogens (tertiary/aromatic N) is 1. The molecule has 1 rings (SSSR count). The largest absolute Gasteiger partial charge is 0.328 e. The lowest BCUT2D eigenvalue weighted by Crippen LogP contribution is -2.04. The van der Waals surface area contributed by atoms with Gasteiger partial charge in [-0.2, -0.15) is 0 Å². The highest BCUT2D eigenvalue weighted by molar-refractivity contribution is 6.38. The van der Waals surface area contributed by atoms with Crippen LogP contribution in [0.15, 0.2) is 12.7 Å². The van der Waals surface area contributed by atoms with Gasteiger partial charge in [-0.25, -0.2) is 4.73 Å². The van der Waals surface area contributed by atoms with Crippen LogP contribution in [0.3, 0.4) is 0 Å². The quantitative estimate of drug-likeness (QED) is 0.248. The second-order valence-electron chi connectivity index (χ2n) is 1.18. The molecule has 0 aromatic carbocycles. The molecule has 38 valence electrons. The summed E-state index contributed by atoms with van der Waals surface area (Å²) in [5.41, 5.74) is 0. The molecule has 7 heavy (non-hydrogen) atoms. The van der Waals surface area contributed by atoms with Gasteiger partial charge < -0.3 is 4.53 Å². The van der Waals surface area contributed by atoms with Crippen LogP contribution in [0.5, 0.6) is 0 Å². The number of carbonyl (C=O) groups excluding carboxylic acids is 1. The fourth-order valence-corrected chi connectivity index (χ4v) is 0.699. The summed E-state index contributed by atoms with van der Waals surface area (Å²) in [6, 6.07) is 0. The van der Waals surface area contributed by atoms with E-state index in [-0.39, 0.29) is 5.91 Å². The molecule has 1 fully saturated rings. The molecule has 0 N–H and O–H groups in total. The predicted octanol–water partition coefficient (Wildman–Crippen LogP) is -1.06. The number of rotatable bonds is 1. The van der Waals surface area contributed by atoms with Crippen molar-refractivity contribution in [2.75, 3.05) is 0 Å². The molecule has 1 aliphatic rings.